The van der Waals surface area contributed by atoms with Crippen molar-refractivity contribution in [1.29, 1.82) is 0 Å². The molecule has 1 aliphatic heterocycles. The lowest BCUT2D eigenvalue weighted by molar-refractivity contribution is -0.127. The van der Waals surface area contributed by atoms with Crippen LogP contribution in [0.25, 0.3) is 11.0 Å². The molecule has 1 unspecified atom stereocenters. The first kappa shape index (κ1) is 18.1. The van der Waals surface area contributed by atoms with E-state index < -0.39 is 5.72 Å². The van der Waals surface area contributed by atoms with Gasteiger partial charge in [-0.05, 0) is 49.1 Å². The Morgan fingerprint density at radius 1 is 1.15 bits per heavy atom. The maximum absolute atomic E-state index is 13.4. The Hall–Kier alpha value is -2.28. The summed E-state index contributed by atoms with van der Waals surface area (Å²) in [5.41, 5.74) is 1.43. The summed E-state index contributed by atoms with van der Waals surface area (Å²) in [5, 5.41) is 15.9. The minimum absolute atomic E-state index is 0.294. The molecule has 0 spiro atoms. The molecule has 3 heterocycles. The summed E-state index contributed by atoms with van der Waals surface area (Å²) in [6.45, 7) is 3.17. The minimum atomic E-state index is -1.11. The minimum Gasteiger partial charge on any atom is -0.464 e. The molecule has 27 heavy (non-hydrogen) atoms. The molecule has 1 saturated heterocycles. The number of benzene rings is 1. The molecule has 5 nitrogen and oxygen atoms in total. The van der Waals surface area contributed by atoms with Gasteiger partial charge in [0.2, 0.25) is 0 Å². The molecule has 0 bridgehead atoms. The van der Waals surface area contributed by atoms with Crippen molar-refractivity contribution in [2.24, 2.45) is 0 Å². The maximum atomic E-state index is 13.4. The predicted molar refractivity (Wildman–Crippen MR) is 102 cm³/mol. The normalized spacial score (nSPS) is 17.9. The maximum Gasteiger partial charge on any atom is 0.144 e. The molecule has 2 aromatic heterocycles. The molecule has 6 heteroatoms. The topological polar surface area (TPSA) is 61.5 Å². The Balaban J connectivity index is 1.53. The van der Waals surface area contributed by atoms with Crippen LogP contribution in [0.15, 0.2) is 53.3 Å². The first-order chi connectivity index (χ1) is 13.2. The summed E-state index contributed by atoms with van der Waals surface area (Å²) in [6.07, 6.45) is 5.48. The number of hydrogen-bond donors (Lipinski definition) is 2. The lowest BCUT2D eigenvalue weighted by Crippen LogP contribution is -2.54. The number of nitrogens with zero attached hydrogens (tertiary/aromatic N) is 2. The zero-order valence-electron chi connectivity index (χ0n) is 15.2. The molecule has 0 saturated carbocycles. The number of aromatic nitrogens is 1. The molecule has 0 aliphatic carbocycles. The number of aliphatic hydroxyl groups is 1. The van der Waals surface area contributed by atoms with Crippen molar-refractivity contribution in [3.8, 4) is 0 Å². The van der Waals surface area contributed by atoms with Crippen LogP contribution in [-0.4, -0.2) is 41.2 Å². The SMILES string of the molecule is OC(CCCc1nccc2occc12)(c1ccc(F)cc1)N1CCNCC1. The lowest BCUT2D eigenvalue weighted by Gasteiger charge is -2.42. The Morgan fingerprint density at radius 3 is 2.70 bits per heavy atom. The van der Waals surface area contributed by atoms with E-state index in [0.717, 1.165) is 61.2 Å². The summed E-state index contributed by atoms with van der Waals surface area (Å²) < 4.78 is 18.8. The number of aryl methyl sites for hydroxylation is 1. The van der Waals surface area contributed by atoms with Crippen molar-refractivity contribution in [3.05, 3.63) is 65.9 Å². The van der Waals surface area contributed by atoms with Crippen molar-refractivity contribution in [1.82, 2.24) is 15.2 Å². The third-order valence-corrected chi connectivity index (χ3v) is 5.35. The van der Waals surface area contributed by atoms with Gasteiger partial charge in [0.1, 0.15) is 17.1 Å². The molecular weight excluding hydrogens is 345 g/mol. The van der Waals surface area contributed by atoms with Gasteiger partial charge in [0.25, 0.3) is 0 Å². The summed E-state index contributed by atoms with van der Waals surface area (Å²) in [4.78, 5) is 6.57. The molecule has 1 aromatic carbocycles. The molecule has 4 rings (SSSR count). The quantitative estimate of drug-likeness (QED) is 0.699. The van der Waals surface area contributed by atoms with Gasteiger partial charge < -0.3 is 14.8 Å². The summed E-state index contributed by atoms with van der Waals surface area (Å²) in [5.74, 6) is -0.294. The third kappa shape index (κ3) is 3.74. The second-order valence-electron chi connectivity index (χ2n) is 7.00. The Bertz CT molecular complexity index is 890. The van der Waals surface area contributed by atoms with Gasteiger partial charge in [-0.2, -0.15) is 0 Å². The van der Waals surface area contributed by atoms with Crippen LogP contribution in [-0.2, 0) is 12.1 Å². The summed E-state index contributed by atoms with van der Waals surface area (Å²) in [7, 11) is 0. The van der Waals surface area contributed by atoms with Gasteiger partial charge >= 0.3 is 0 Å². The fraction of sp³-hybridized carbons (Fsp3) is 0.381. The van der Waals surface area contributed by atoms with Gasteiger partial charge in [-0.1, -0.05) is 12.1 Å². The highest BCUT2D eigenvalue weighted by Crippen LogP contribution is 2.32. The van der Waals surface area contributed by atoms with Crippen LogP contribution in [0.5, 0.6) is 0 Å². The van der Waals surface area contributed by atoms with E-state index in [1.807, 2.05) is 12.1 Å². The number of nitrogens with one attached hydrogen (secondary N) is 1. The van der Waals surface area contributed by atoms with Gasteiger partial charge in [0.15, 0.2) is 0 Å². The largest absolute Gasteiger partial charge is 0.464 e. The Kier molecular flexibility index (Phi) is 5.20. The van der Waals surface area contributed by atoms with Crippen LogP contribution in [0.3, 0.4) is 0 Å². The van der Waals surface area contributed by atoms with E-state index in [4.69, 9.17) is 4.42 Å². The van der Waals surface area contributed by atoms with E-state index >= 15 is 0 Å². The first-order valence-corrected chi connectivity index (χ1v) is 9.42. The highest BCUT2D eigenvalue weighted by atomic mass is 19.1. The van der Waals surface area contributed by atoms with Crippen LogP contribution >= 0.6 is 0 Å². The fourth-order valence-corrected chi connectivity index (χ4v) is 3.89. The van der Waals surface area contributed by atoms with Crippen LogP contribution in [0.4, 0.5) is 4.39 Å². The average Bonchev–Trinajstić information content (AvgIpc) is 3.19. The lowest BCUT2D eigenvalue weighted by atomic mass is 9.93. The zero-order valence-corrected chi connectivity index (χ0v) is 15.2. The highest BCUT2D eigenvalue weighted by Gasteiger charge is 2.36. The second kappa shape index (κ2) is 7.76. The first-order valence-electron chi connectivity index (χ1n) is 9.42. The van der Waals surface area contributed by atoms with Crippen molar-refractivity contribution >= 4 is 11.0 Å². The van der Waals surface area contributed by atoms with Gasteiger partial charge in [0.05, 0.1) is 12.0 Å². The summed E-state index contributed by atoms with van der Waals surface area (Å²) >= 11 is 0. The van der Waals surface area contributed by atoms with Crippen LogP contribution in [0.2, 0.25) is 0 Å². The Morgan fingerprint density at radius 2 is 1.93 bits per heavy atom. The highest BCUT2D eigenvalue weighted by molar-refractivity contribution is 5.79. The number of fused-ring (bicyclic) bond motifs is 1. The molecular formula is C21H24FN3O2. The van der Waals surface area contributed by atoms with Gasteiger partial charge in [-0.15, -0.1) is 0 Å². The molecule has 1 fully saturated rings. The van der Waals surface area contributed by atoms with E-state index in [9.17, 15) is 9.50 Å². The standard InChI is InChI=1S/C21H24FN3O2/c22-17-5-3-16(4-6-17)21(26,25-13-11-23-12-14-25)9-1-2-19-18-8-15-27-20(18)7-10-24-19/h3-8,10,15,23,26H,1-2,9,11-14H2. The Labute approximate surface area is 157 Å². The molecule has 0 radical (unpaired) electrons. The molecule has 1 aliphatic rings. The summed E-state index contributed by atoms with van der Waals surface area (Å²) in [6, 6.07) is 9.99. The van der Waals surface area contributed by atoms with E-state index in [0.29, 0.717) is 6.42 Å². The van der Waals surface area contributed by atoms with Crippen molar-refractivity contribution in [3.63, 3.8) is 0 Å². The fourth-order valence-electron chi connectivity index (χ4n) is 3.89. The molecule has 0 amide bonds. The number of rotatable bonds is 6. The van der Waals surface area contributed by atoms with Crippen molar-refractivity contribution in [2.45, 2.75) is 25.0 Å². The molecule has 1 atom stereocenters. The molecule has 2 N–H and O–H groups in total. The zero-order chi connectivity index (χ0) is 18.7. The monoisotopic (exact) mass is 369 g/mol. The van der Waals surface area contributed by atoms with Gasteiger partial charge in [-0.25, -0.2) is 4.39 Å². The smallest absolute Gasteiger partial charge is 0.144 e. The predicted octanol–water partition coefficient (Wildman–Crippen LogP) is 3.04. The molecule has 3 aromatic rings. The number of hydrogen-bond acceptors (Lipinski definition) is 5. The number of pyridine rings is 1. The van der Waals surface area contributed by atoms with E-state index in [1.54, 1.807) is 24.6 Å². The van der Waals surface area contributed by atoms with Crippen LogP contribution in [0.1, 0.15) is 24.1 Å². The number of furan rings is 1. The van der Waals surface area contributed by atoms with Crippen LogP contribution in [0, 0.1) is 5.82 Å². The number of piperazine rings is 1. The van der Waals surface area contributed by atoms with Crippen LogP contribution < -0.4 is 5.32 Å². The average molecular weight is 369 g/mol. The van der Waals surface area contributed by atoms with Gasteiger partial charge in [-0.3, -0.25) is 9.88 Å². The second-order valence-corrected chi connectivity index (χ2v) is 7.00. The van der Waals surface area contributed by atoms with E-state index in [2.05, 4.69) is 15.2 Å². The van der Waals surface area contributed by atoms with Crippen molar-refractivity contribution < 1.29 is 13.9 Å². The van der Waals surface area contributed by atoms with Gasteiger partial charge in [0, 0.05) is 37.8 Å². The van der Waals surface area contributed by atoms with E-state index in [-0.39, 0.29) is 5.82 Å². The molecule has 142 valence electrons. The number of halogens is 1. The van der Waals surface area contributed by atoms with Crippen molar-refractivity contribution in [2.75, 3.05) is 26.2 Å². The third-order valence-electron chi connectivity index (χ3n) is 5.35. The van der Waals surface area contributed by atoms with E-state index in [1.165, 1.54) is 12.1 Å².